The summed E-state index contributed by atoms with van der Waals surface area (Å²) in [6.07, 6.45) is 0. The zero-order valence-electron chi connectivity index (χ0n) is 15.6. The van der Waals surface area contributed by atoms with Crippen molar-refractivity contribution in [1.82, 2.24) is 15.1 Å². The van der Waals surface area contributed by atoms with Gasteiger partial charge >= 0.3 is 0 Å². The predicted octanol–water partition coefficient (Wildman–Crippen LogP) is 0.198. The van der Waals surface area contributed by atoms with Gasteiger partial charge in [-0.3, -0.25) is 14.4 Å². The van der Waals surface area contributed by atoms with Crippen LogP contribution in [-0.4, -0.2) is 71.4 Å². The molecule has 1 fully saturated rings. The second-order valence-corrected chi connectivity index (χ2v) is 6.71. The predicted molar refractivity (Wildman–Crippen MR) is 104 cm³/mol. The monoisotopic (exact) mass is 398 g/mol. The lowest BCUT2D eigenvalue weighted by Gasteiger charge is -2.35. The molecule has 27 heavy (non-hydrogen) atoms. The number of hydrogen-bond donors (Lipinski definition) is 3. The Morgan fingerprint density at radius 2 is 1.74 bits per heavy atom. The summed E-state index contributed by atoms with van der Waals surface area (Å²) < 4.78 is 0. The number of aromatic hydroxyl groups is 1. The van der Waals surface area contributed by atoms with Crippen molar-refractivity contribution in [3.8, 4) is 5.75 Å². The third-order valence-electron chi connectivity index (χ3n) is 4.45. The molecule has 3 amide bonds. The molecule has 1 atom stereocenters. The first-order valence-corrected chi connectivity index (χ1v) is 8.69. The number of nitrogens with two attached hydrogens (primary N) is 1. The van der Waals surface area contributed by atoms with Crippen LogP contribution < -0.4 is 11.1 Å². The fourth-order valence-electron chi connectivity index (χ4n) is 2.68. The molecule has 0 radical (unpaired) electrons. The average Bonchev–Trinajstić information content (AvgIpc) is 2.64. The van der Waals surface area contributed by atoms with Crippen LogP contribution in [0.1, 0.15) is 24.2 Å². The molecule has 150 valence electrons. The van der Waals surface area contributed by atoms with E-state index in [0.717, 1.165) is 0 Å². The van der Waals surface area contributed by atoms with Crippen LogP contribution in [0.15, 0.2) is 24.3 Å². The van der Waals surface area contributed by atoms with Gasteiger partial charge in [-0.1, -0.05) is 19.9 Å². The average molecular weight is 399 g/mol. The number of piperazine rings is 1. The standard InChI is InChI=1S/C18H26N4O4.ClH/c1-12(2)16(19)17(25)20-11-15(24)21-6-8-22(9-7-21)18(26)13-4-3-5-14(23)10-13;/h3-5,10,12,16,23H,6-9,11,19H2,1-2H3,(H,20,25);1H/t16-;/m0./s1. The zero-order valence-corrected chi connectivity index (χ0v) is 16.4. The summed E-state index contributed by atoms with van der Waals surface area (Å²) in [5, 5.41) is 12.0. The highest BCUT2D eigenvalue weighted by Gasteiger charge is 2.25. The van der Waals surface area contributed by atoms with Crippen molar-refractivity contribution >= 4 is 30.1 Å². The van der Waals surface area contributed by atoms with Crippen LogP contribution in [0.2, 0.25) is 0 Å². The summed E-state index contributed by atoms with van der Waals surface area (Å²) in [4.78, 5) is 39.7. The molecule has 8 nitrogen and oxygen atoms in total. The van der Waals surface area contributed by atoms with E-state index in [1.54, 1.807) is 21.9 Å². The Bertz CT molecular complexity index is 675. The molecule has 0 saturated carbocycles. The Morgan fingerprint density at radius 3 is 2.30 bits per heavy atom. The minimum Gasteiger partial charge on any atom is -0.508 e. The fourth-order valence-corrected chi connectivity index (χ4v) is 2.68. The molecule has 1 heterocycles. The van der Waals surface area contributed by atoms with E-state index in [-0.39, 0.29) is 48.3 Å². The third-order valence-corrected chi connectivity index (χ3v) is 4.45. The molecular weight excluding hydrogens is 372 g/mol. The van der Waals surface area contributed by atoms with E-state index in [1.807, 2.05) is 13.8 Å². The number of carbonyl (C=O) groups is 3. The van der Waals surface area contributed by atoms with Crippen molar-refractivity contribution in [2.75, 3.05) is 32.7 Å². The largest absolute Gasteiger partial charge is 0.508 e. The van der Waals surface area contributed by atoms with Crippen molar-refractivity contribution < 1.29 is 19.5 Å². The summed E-state index contributed by atoms with van der Waals surface area (Å²) >= 11 is 0. The van der Waals surface area contributed by atoms with Gasteiger partial charge in [-0.25, -0.2) is 0 Å². The van der Waals surface area contributed by atoms with E-state index in [9.17, 15) is 19.5 Å². The molecule has 0 spiro atoms. The maximum atomic E-state index is 12.4. The highest BCUT2D eigenvalue weighted by Crippen LogP contribution is 2.14. The summed E-state index contributed by atoms with van der Waals surface area (Å²) in [6.45, 7) is 5.19. The number of amides is 3. The zero-order chi connectivity index (χ0) is 19.3. The number of phenols is 1. The Morgan fingerprint density at radius 1 is 1.15 bits per heavy atom. The highest BCUT2D eigenvalue weighted by atomic mass is 35.5. The van der Waals surface area contributed by atoms with E-state index in [2.05, 4.69) is 5.32 Å². The molecular formula is C18H27ClN4O4. The number of benzene rings is 1. The van der Waals surface area contributed by atoms with Crippen LogP contribution in [0.4, 0.5) is 0 Å². The molecule has 2 rings (SSSR count). The van der Waals surface area contributed by atoms with Crippen molar-refractivity contribution in [3.63, 3.8) is 0 Å². The van der Waals surface area contributed by atoms with E-state index in [4.69, 9.17) is 5.73 Å². The highest BCUT2D eigenvalue weighted by molar-refractivity contribution is 5.95. The quantitative estimate of drug-likeness (QED) is 0.655. The first kappa shape index (κ1) is 22.7. The Balaban J connectivity index is 0.00000364. The number of nitrogens with zero attached hydrogens (tertiary/aromatic N) is 2. The van der Waals surface area contributed by atoms with E-state index >= 15 is 0 Å². The van der Waals surface area contributed by atoms with Gasteiger partial charge in [0.25, 0.3) is 5.91 Å². The van der Waals surface area contributed by atoms with Crippen LogP contribution in [0.3, 0.4) is 0 Å². The lowest BCUT2D eigenvalue weighted by atomic mass is 10.1. The molecule has 0 unspecified atom stereocenters. The van der Waals surface area contributed by atoms with Gasteiger partial charge in [-0.2, -0.15) is 0 Å². The van der Waals surface area contributed by atoms with Gasteiger partial charge in [0.1, 0.15) is 5.75 Å². The molecule has 9 heteroatoms. The maximum absolute atomic E-state index is 12.4. The van der Waals surface area contributed by atoms with Gasteiger partial charge in [0, 0.05) is 31.7 Å². The normalized spacial score (nSPS) is 15.1. The number of carbonyl (C=O) groups excluding carboxylic acids is 3. The van der Waals surface area contributed by atoms with Gasteiger partial charge in [0.2, 0.25) is 11.8 Å². The first-order valence-electron chi connectivity index (χ1n) is 8.69. The topological polar surface area (TPSA) is 116 Å². The number of halogens is 1. The van der Waals surface area contributed by atoms with Crippen molar-refractivity contribution in [1.29, 1.82) is 0 Å². The van der Waals surface area contributed by atoms with Crippen LogP contribution in [0, 0.1) is 5.92 Å². The number of phenolic OH excluding ortho intramolecular Hbond substituents is 1. The van der Waals surface area contributed by atoms with Crippen LogP contribution in [0.25, 0.3) is 0 Å². The minimum atomic E-state index is -0.639. The van der Waals surface area contributed by atoms with Crippen LogP contribution in [-0.2, 0) is 9.59 Å². The molecule has 1 aromatic rings. The number of nitrogens with one attached hydrogen (secondary N) is 1. The van der Waals surface area contributed by atoms with Gasteiger partial charge in [0.15, 0.2) is 0 Å². The van der Waals surface area contributed by atoms with Crippen molar-refractivity contribution in [2.24, 2.45) is 11.7 Å². The molecule has 1 aliphatic heterocycles. The second-order valence-electron chi connectivity index (χ2n) is 6.71. The van der Waals surface area contributed by atoms with Crippen LogP contribution in [0.5, 0.6) is 5.75 Å². The molecule has 1 saturated heterocycles. The smallest absolute Gasteiger partial charge is 0.254 e. The second kappa shape index (κ2) is 10.1. The Labute approximate surface area is 165 Å². The third kappa shape index (κ3) is 6.11. The SMILES string of the molecule is CC(C)[C@H](N)C(=O)NCC(=O)N1CCN(C(=O)c2cccc(O)c2)CC1.Cl. The summed E-state index contributed by atoms with van der Waals surface area (Å²) in [6, 6.07) is 5.56. The molecule has 0 aromatic heterocycles. The fraction of sp³-hybridized carbons (Fsp3) is 0.500. The maximum Gasteiger partial charge on any atom is 0.254 e. The van der Waals surface area contributed by atoms with Gasteiger partial charge < -0.3 is 26.0 Å². The number of hydrogen-bond acceptors (Lipinski definition) is 5. The summed E-state index contributed by atoms with van der Waals surface area (Å²) in [7, 11) is 0. The molecule has 1 aromatic carbocycles. The van der Waals surface area contributed by atoms with E-state index in [0.29, 0.717) is 31.7 Å². The number of rotatable bonds is 5. The first-order chi connectivity index (χ1) is 12.3. The molecule has 0 bridgehead atoms. The lowest BCUT2D eigenvalue weighted by Crippen LogP contribution is -2.53. The molecule has 1 aliphatic rings. The minimum absolute atomic E-state index is 0. The van der Waals surface area contributed by atoms with Crippen molar-refractivity contribution in [2.45, 2.75) is 19.9 Å². The van der Waals surface area contributed by atoms with Crippen LogP contribution >= 0.6 is 12.4 Å². The molecule has 4 N–H and O–H groups in total. The van der Waals surface area contributed by atoms with E-state index < -0.39 is 6.04 Å². The summed E-state index contributed by atoms with van der Waals surface area (Å²) in [5.41, 5.74) is 6.16. The van der Waals surface area contributed by atoms with E-state index in [1.165, 1.54) is 12.1 Å². The van der Waals surface area contributed by atoms with Gasteiger partial charge in [-0.15, -0.1) is 12.4 Å². The molecule has 0 aliphatic carbocycles. The summed E-state index contributed by atoms with van der Waals surface area (Å²) in [5.74, 6) is -0.675. The Kier molecular flexibility index (Phi) is 8.52. The lowest BCUT2D eigenvalue weighted by molar-refractivity contribution is -0.134. The van der Waals surface area contributed by atoms with Crippen molar-refractivity contribution in [3.05, 3.63) is 29.8 Å². The van der Waals surface area contributed by atoms with Gasteiger partial charge in [0.05, 0.1) is 12.6 Å². The Hall–Kier alpha value is -2.32. The van der Waals surface area contributed by atoms with Gasteiger partial charge in [-0.05, 0) is 24.1 Å².